The molecule has 2 rings (SSSR count). The van der Waals surface area contributed by atoms with Gasteiger partial charge in [0.25, 0.3) is 0 Å². The van der Waals surface area contributed by atoms with Crippen molar-refractivity contribution in [1.82, 2.24) is 5.32 Å². The summed E-state index contributed by atoms with van der Waals surface area (Å²) in [7, 11) is -3.52. The second-order valence-electron chi connectivity index (χ2n) is 4.30. The average molecular weight is 293 g/mol. The van der Waals surface area contributed by atoms with Crippen LogP contribution >= 0.6 is 11.6 Å². The van der Waals surface area contributed by atoms with Crippen LogP contribution < -0.4 is 10.0 Å². The highest BCUT2D eigenvalue weighted by Gasteiger charge is 2.22. The predicted octanol–water partition coefficient (Wildman–Crippen LogP) is 1.97. The second-order valence-corrected chi connectivity index (χ2v) is 6.48. The summed E-state index contributed by atoms with van der Waals surface area (Å²) in [4.78, 5) is 0. The number of anilines is 1. The molecule has 0 aliphatic carbocycles. The van der Waals surface area contributed by atoms with Gasteiger partial charge in [-0.25, -0.2) is 12.8 Å². The summed E-state index contributed by atoms with van der Waals surface area (Å²) in [5, 5.41) is 3.28. The van der Waals surface area contributed by atoms with Gasteiger partial charge in [-0.05, 0) is 37.6 Å². The third-order valence-corrected chi connectivity index (χ3v) is 4.48. The van der Waals surface area contributed by atoms with Gasteiger partial charge in [0.05, 0.1) is 16.5 Å². The lowest BCUT2D eigenvalue weighted by Crippen LogP contribution is -2.32. The number of benzene rings is 1. The lowest BCUT2D eigenvalue weighted by molar-refractivity contribution is 0.581. The molecule has 0 amide bonds. The molecule has 100 valence electrons. The Kier molecular flexibility index (Phi) is 4.09. The van der Waals surface area contributed by atoms with Gasteiger partial charge in [0, 0.05) is 6.04 Å². The van der Waals surface area contributed by atoms with Gasteiger partial charge in [0.2, 0.25) is 10.0 Å². The molecule has 0 radical (unpaired) electrons. The molecule has 18 heavy (non-hydrogen) atoms. The van der Waals surface area contributed by atoms with Crippen molar-refractivity contribution >= 4 is 27.3 Å². The number of sulfonamides is 1. The molecule has 0 spiro atoms. The van der Waals surface area contributed by atoms with E-state index in [4.69, 9.17) is 11.6 Å². The molecular weight excluding hydrogens is 279 g/mol. The van der Waals surface area contributed by atoms with Crippen LogP contribution in [0, 0.1) is 5.82 Å². The summed E-state index contributed by atoms with van der Waals surface area (Å²) in [6.45, 7) is 0.834. The first-order valence-electron chi connectivity index (χ1n) is 5.65. The van der Waals surface area contributed by atoms with Crippen molar-refractivity contribution < 1.29 is 12.8 Å². The highest BCUT2D eigenvalue weighted by Crippen LogP contribution is 2.24. The molecule has 4 nitrogen and oxygen atoms in total. The highest BCUT2D eigenvalue weighted by atomic mass is 35.5. The normalized spacial score (nSPS) is 20.0. The lowest BCUT2D eigenvalue weighted by Gasteiger charge is -2.13. The van der Waals surface area contributed by atoms with Crippen molar-refractivity contribution in [3.05, 3.63) is 29.0 Å². The maximum absolute atomic E-state index is 13.0. The fourth-order valence-corrected chi connectivity index (χ4v) is 3.57. The Labute approximate surface area is 111 Å². The van der Waals surface area contributed by atoms with E-state index >= 15 is 0 Å². The van der Waals surface area contributed by atoms with Crippen LogP contribution in [0.1, 0.15) is 12.8 Å². The molecule has 1 aromatic carbocycles. The summed E-state index contributed by atoms with van der Waals surface area (Å²) < 4.78 is 39.1. The summed E-state index contributed by atoms with van der Waals surface area (Å²) >= 11 is 5.81. The van der Waals surface area contributed by atoms with Gasteiger partial charge in [-0.2, -0.15) is 0 Å². The molecular formula is C11H14ClFN2O2S. The molecule has 1 aromatic rings. The standard InChI is InChI=1S/C11H14ClFN2O2S/c12-10-4-3-8(13)6-11(10)15-18(16,17)7-9-2-1-5-14-9/h3-4,6,9,14-15H,1-2,5,7H2. The summed E-state index contributed by atoms with van der Waals surface area (Å²) in [5.41, 5.74) is 0.0784. The van der Waals surface area contributed by atoms with Crippen molar-refractivity contribution in [2.75, 3.05) is 17.0 Å². The second kappa shape index (κ2) is 5.42. The van der Waals surface area contributed by atoms with Gasteiger partial charge in [-0.3, -0.25) is 4.72 Å². The third kappa shape index (κ3) is 3.57. The molecule has 1 saturated heterocycles. The number of halogens is 2. The molecule has 1 heterocycles. The van der Waals surface area contributed by atoms with Gasteiger partial charge < -0.3 is 5.32 Å². The van der Waals surface area contributed by atoms with E-state index < -0.39 is 15.8 Å². The van der Waals surface area contributed by atoms with Crippen molar-refractivity contribution in [1.29, 1.82) is 0 Å². The Bertz CT molecular complexity index is 530. The molecule has 1 atom stereocenters. The Morgan fingerprint density at radius 3 is 2.94 bits per heavy atom. The van der Waals surface area contributed by atoms with E-state index in [0.717, 1.165) is 25.5 Å². The average Bonchev–Trinajstić information content (AvgIpc) is 2.75. The Hall–Kier alpha value is -0.850. The number of hydrogen-bond donors (Lipinski definition) is 2. The number of nitrogens with one attached hydrogen (secondary N) is 2. The zero-order chi connectivity index (χ0) is 13.2. The number of rotatable bonds is 4. The maximum atomic E-state index is 13.0. The van der Waals surface area contributed by atoms with Gasteiger partial charge in [-0.15, -0.1) is 0 Å². The first-order chi connectivity index (χ1) is 8.46. The van der Waals surface area contributed by atoms with Crippen molar-refractivity contribution in [3.63, 3.8) is 0 Å². The van der Waals surface area contributed by atoms with Crippen LogP contribution in [0.15, 0.2) is 18.2 Å². The lowest BCUT2D eigenvalue weighted by atomic mass is 10.3. The molecule has 0 saturated carbocycles. The molecule has 0 aromatic heterocycles. The van der Waals surface area contributed by atoms with Crippen LogP contribution in [-0.4, -0.2) is 26.8 Å². The fraction of sp³-hybridized carbons (Fsp3) is 0.455. The third-order valence-electron chi connectivity index (χ3n) is 2.78. The van der Waals surface area contributed by atoms with Crippen LogP contribution in [-0.2, 0) is 10.0 Å². The van der Waals surface area contributed by atoms with E-state index in [0.29, 0.717) is 0 Å². The monoisotopic (exact) mass is 292 g/mol. The first kappa shape index (κ1) is 13.6. The van der Waals surface area contributed by atoms with E-state index in [9.17, 15) is 12.8 Å². The minimum atomic E-state index is -3.52. The summed E-state index contributed by atoms with van der Waals surface area (Å²) in [5.74, 6) is -0.559. The predicted molar refractivity (Wildman–Crippen MR) is 69.8 cm³/mol. The minimum Gasteiger partial charge on any atom is -0.313 e. The van der Waals surface area contributed by atoms with Crippen LogP contribution in [0.2, 0.25) is 5.02 Å². The van der Waals surface area contributed by atoms with Crippen molar-refractivity contribution in [2.24, 2.45) is 0 Å². The Morgan fingerprint density at radius 1 is 1.50 bits per heavy atom. The largest absolute Gasteiger partial charge is 0.313 e. The minimum absolute atomic E-state index is 0.0279. The zero-order valence-corrected chi connectivity index (χ0v) is 11.2. The molecule has 1 aliphatic heterocycles. The molecule has 1 fully saturated rings. The fourth-order valence-electron chi connectivity index (χ4n) is 1.95. The van der Waals surface area contributed by atoms with Crippen molar-refractivity contribution in [3.8, 4) is 0 Å². The van der Waals surface area contributed by atoms with Crippen LogP contribution in [0.25, 0.3) is 0 Å². The molecule has 1 unspecified atom stereocenters. The van der Waals surface area contributed by atoms with Gasteiger partial charge in [0.1, 0.15) is 5.82 Å². The topological polar surface area (TPSA) is 58.2 Å². The highest BCUT2D eigenvalue weighted by molar-refractivity contribution is 7.92. The van der Waals surface area contributed by atoms with Crippen LogP contribution in [0.4, 0.5) is 10.1 Å². The molecule has 0 bridgehead atoms. The van der Waals surface area contributed by atoms with E-state index in [2.05, 4.69) is 10.0 Å². The van der Waals surface area contributed by atoms with E-state index in [1.807, 2.05) is 0 Å². The zero-order valence-electron chi connectivity index (χ0n) is 9.62. The van der Waals surface area contributed by atoms with E-state index in [1.165, 1.54) is 12.1 Å². The summed E-state index contributed by atoms with van der Waals surface area (Å²) in [6.07, 6.45) is 1.80. The van der Waals surface area contributed by atoms with Gasteiger partial charge >= 0.3 is 0 Å². The molecule has 2 N–H and O–H groups in total. The quantitative estimate of drug-likeness (QED) is 0.892. The molecule has 1 aliphatic rings. The van der Waals surface area contributed by atoms with Gasteiger partial charge in [-0.1, -0.05) is 11.6 Å². The number of hydrogen-bond acceptors (Lipinski definition) is 3. The molecule has 7 heteroatoms. The van der Waals surface area contributed by atoms with Gasteiger partial charge in [0.15, 0.2) is 0 Å². The van der Waals surface area contributed by atoms with Crippen molar-refractivity contribution in [2.45, 2.75) is 18.9 Å². The summed E-state index contributed by atoms with van der Waals surface area (Å²) in [6, 6.07) is 3.53. The smallest absolute Gasteiger partial charge is 0.234 e. The van der Waals surface area contributed by atoms with Crippen LogP contribution in [0.5, 0.6) is 0 Å². The van der Waals surface area contributed by atoms with E-state index in [-0.39, 0.29) is 22.5 Å². The Morgan fingerprint density at radius 2 is 2.28 bits per heavy atom. The Balaban J connectivity index is 2.09. The van der Waals surface area contributed by atoms with E-state index in [1.54, 1.807) is 0 Å². The maximum Gasteiger partial charge on any atom is 0.234 e. The SMILES string of the molecule is O=S(=O)(CC1CCCN1)Nc1cc(F)ccc1Cl. The van der Waals surface area contributed by atoms with Crippen LogP contribution in [0.3, 0.4) is 0 Å². The first-order valence-corrected chi connectivity index (χ1v) is 7.68.